The van der Waals surface area contributed by atoms with Gasteiger partial charge in [0, 0.05) is 5.56 Å². The van der Waals surface area contributed by atoms with Crippen molar-refractivity contribution in [2.45, 2.75) is 20.0 Å². The summed E-state index contributed by atoms with van der Waals surface area (Å²) in [6.45, 7) is 3.65. The Morgan fingerprint density at radius 1 is 1.19 bits per heavy atom. The lowest BCUT2D eigenvalue weighted by atomic mass is 10.1. The molecule has 0 aliphatic carbocycles. The smallest absolute Gasteiger partial charge is 0.252 e. The van der Waals surface area contributed by atoms with Gasteiger partial charge in [-0.2, -0.15) is 0 Å². The standard InChI is InChI=1S/C11H14N2O3/c1-6(2)16-9-4-3-7(10(12)14)5-8(9)11(13)15/h3-6H,1-2H3,(H2,12,14)(H2,13,15). The van der Waals surface area contributed by atoms with Crippen LogP contribution in [0.2, 0.25) is 0 Å². The molecule has 0 aromatic heterocycles. The number of hydrogen-bond donors (Lipinski definition) is 2. The molecule has 0 bridgehead atoms. The van der Waals surface area contributed by atoms with Crippen LogP contribution in [0.15, 0.2) is 18.2 Å². The zero-order valence-corrected chi connectivity index (χ0v) is 9.19. The molecule has 0 unspecified atom stereocenters. The highest BCUT2D eigenvalue weighted by Crippen LogP contribution is 2.20. The van der Waals surface area contributed by atoms with E-state index in [0.29, 0.717) is 5.75 Å². The molecule has 0 aliphatic rings. The topological polar surface area (TPSA) is 95.4 Å². The average Bonchev–Trinajstić information content (AvgIpc) is 2.16. The molecule has 0 radical (unpaired) electrons. The van der Waals surface area contributed by atoms with Crippen molar-refractivity contribution in [1.29, 1.82) is 0 Å². The van der Waals surface area contributed by atoms with Crippen LogP contribution < -0.4 is 16.2 Å². The van der Waals surface area contributed by atoms with Gasteiger partial charge in [-0.25, -0.2) is 0 Å². The van der Waals surface area contributed by atoms with Crippen LogP contribution in [0, 0.1) is 0 Å². The molecule has 5 heteroatoms. The van der Waals surface area contributed by atoms with Gasteiger partial charge in [-0.15, -0.1) is 0 Å². The fraction of sp³-hybridized carbons (Fsp3) is 0.273. The fourth-order valence-electron chi connectivity index (χ4n) is 1.23. The van der Waals surface area contributed by atoms with Gasteiger partial charge in [-0.3, -0.25) is 9.59 Å². The lowest BCUT2D eigenvalue weighted by Crippen LogP contribution is -2.18. The van der Waals surface area contributed by atoms with E-state index in [2.05, 4.69) is 0 Å². The number of ether oxygens (including phenoxy) is 1. The van der Waals surface area contributed by atoms with E-state index in [1.807, 2.05) is 13.8 Å². The van der Waals surface area contributed by atoms with E-state index >= 15 is 0 Å². The van der Waals surface area contributed by atoms with Crippen molar-refractivity contribution < 1.29 is 14.3 Å². The molecule has 2 amide bonds. The Bertz CT molecular complexity index is 427. The molecule has 1 aromatic carbocycles. The van der Waals surface area contributed by atoms with Crippen LogP contribution in [0.3, 0.4) is 0 Å². The first-order valence-electron chi connectivity index (χ1n) is 4.82. The average molecular weight is 222 g/mol. The summed E-state index contributed by atoms with van der Waals surface area (Å²) in [5.41, 5.74) is 10.7. The van der Waals surface area contributed by atoms with Gasteiger partial charge in [0.2, 0.25) is 5.91 Å². The van der Waals surface area contributed by atoms with E-state index in [0.717, 1.165) is 0 Å². The maximum atomic E-state index is 11.2. The summed E-state index contributed by atoms with van der Waals surface area (Å²) in [6, 6.07) is 4.34. The number of nitrogens with two attached hydrogens (primary N) is 2. The largest absolute Gasteiger partial charge is 0.490 e. The van der Waals surface area contributed by atoms with Gasteiger partial charge in [0.15, 0.2) is 0 Å². The Labute approximate surface area is 93.4 Å². The van der Waals surface area contributed by atoms with Gasteiger partial charge in [0.25, 0.3) is 5.91 Å². The zero-order chi connectivity index (χ0) is 12.3. The van der Waals surface area contributed by atoms with Gasteiger partial charge in [0.1, 0.15) is 5.75 Å². The summed E-state index contributed by atoms with van der Waals surface area (Å²) < 4.78 is 5.39. The van der Waals surface area contributed by atoms with Crippen LogP contribution in [-0.2, 0) is 0 Å². The highest BCUT2D eigenvalue weighted by atomic mass is 16.5. The predicted molar refractivity (Wildman–Crippen MR) is 59.2 cm³/mol. The number of amides is 2. The minimum absolute atomic E-state index is 0.0856. The monoisotopic (exact) mass is 222 g/mol. The molecule has 5 nitrogen and oxygen atoms in total. The Kier molecular flexibility index (Phi) is 3.50. The molecule has 4 N–H and O–H groups in total. The maximum absolute atomic E-state index is 11.2. The van der Waals surface area contributed by atoms with Crippen molar-refractivity contribution in [3.8, 4) is 5.75 Å². The molecular weight excluding hydrogens is 208 g/mol. The molecule has 0 atom stereocenters. The van der Waals surface area contributed by atoms with Gasteiger partial charge in [-0.05, 0) is 32.0 Å². The fourth-order valence-corrected chi connectivity index (χ4v) is 1.23. The molecule has 0 aliphatic heterocycles. The third kappa shape index (κ3) is 2.73. The molecule has 0 fully saturated rings. The van der Waals surface area contributed by atoms with Crippen molar-refractivity contribution in [2.75, 3.05) is 0 Å². The summed E-state index contributed by atoms with van der Waals surface area (Å²) in [5, 5.41) is 0. The molecule has 86 valence electrons. The summed E-state index contributed by atoms with van der Waals surface area (Å²) in [5.74, 6) is -0.912. The number of hydrogen-bond acceptors (Lipinski definition) is 3. The Balaban J connectivity index is 3.19. The second kappa shape index (κ2) is 4.65. The maximum Gasteiger partial charge on any atom is 0.252 e. The van der Waals surface area contributed by atoms with Crippen molar-refractivity contribution in [3.05, 3.63) is 29.3 Å². The molecule has 0 saturated heterocycles. The summed E-state index contributed by atoms with van der Waals surface area (Å²) >= 11 is 0. The van der Waals surface area contributed by atoms with Crippen LogP contribution in [-0.4, -0.2) is 17.9 Å². The second-order valence-corrected chi connectivity index (χ2v) is 3.61. The third-order valence-corrected chi connectivity index (χ3v) is 1.89. The van der Waals surface area contributed by atoms with Crippen LogP contribution >= 0.6 is 0 Å². The van der Waals surface area contributed by atoms with E-state index in [1.54, 1.807) is 0 Å². The minimum atomic E-state index is -0.654. The summed E-state index contributed by atoms with van der Waals surface area (Å²) in [7, 11) is 0. The van der Waals surface area contributed by atoms with Crippen LogP contribution in [0.5, 0.6) is 5.75 Å². The number of carbonyl (C=O) groups is 2. The molecule has 0 saturated carbocycles. The predicted octanol–water partition coefficient (Wildman–Crippen LogP) is 0.672. The summed E-state index contributed by atoms with van der Waals surface area (Å²) in [6.07, 6.45) is -0.0856. The van der Waals surface area contributed by atoms with E-state index in [1.165, 1.54) is 18.2 Å². The third-order valence-electron chi connectivity index (χ3n) is 1.89. The van der Waals surface area contributed by atoms with Crippen molar-refractivity contribution in [2.24, 2.45) is 11.5 Å². The number of carbonyl (C=O) groups excluding carboxylic acids is 2. The van der Waals surface area contributed by atoms with Gasteiger partial charge in [-0.1, -0.05) is 0 Å². The SMILES string of the molecule is CC(C)Oc1ccc(C(N)=O)cc1C(N)=O. The second-order valence-electron chi connectivity index (χ2n) is 3.61. The first kappa shape index (κ1) is 12.0. The normalized spacial score (nSPS) is 10.2. The highest BCUT2D eigenvalue weighted by molar-refractivity contribution is 6.00. The van der Waals surface area contributed by atoms with Crippen molar-refractivity contribution in [3.63, 3.8) is 0 Å². The van der Waals surface area contributed by atoms with Crippen molar-refractivity contribution in [1.82, 2.24) is 0 Å². The Morgan fingerprint density at radius 3 is 2.25 bits per heavy atom. The van der Waals surface area contributed by atoms with Crippen LogP contribution in [0.4, 0.5) is 0 Å². The van der Waals surface area contributed by atoms with Crippen LogP contribution in [0.1, 0.15) is 34.6 Å². The molecule has 16 heavy (non-hydrogen) atoms. The first-order valence-corrected chi connectivity index (χ1v) is 4.82. The lowest BCUT2D eigenvalue weighted by Gasteiger charge is -2.13. The van der Waals surface area contributed by atoms with E-state index in [-0.39, 0.29) is 17.2 Å². The van der Waals surface area contributed by atoms with E-state index in [4.69, 9.17) is 16.2 Å². The molecule has 0 heterocycles. The van der Waals surface area contributed by atoms with Crippen LogP contribution in [0.25, 0.3) is 0 Å². The first-order chi connectivity index (χ1) is 7.41. The van der Waals surface area contributed by atoms with E-state index < -0.39 is 11.8 Å². The van der Waals surface area contributed by atoms with Gasteiger partial charge in [0.05, 0.1) is 11.7 Å². The quantitative estimate of drug-likeness (QED) is 0.783. The van der Waals surface area contributed by atoms with E-state index in [9.17, 15) is 9.59 Å². The Morgan fingerprint density at radius 2 is 1.81 bits per heavy atom. The zero-order valence-electron chi connectivity index (χ0n) is 9.19. The molecule has 0 spiro atoms. The lowest BCUT2D eigenvalue weighted by molar-refractivity contribution is 0.0994. The highest BCUT2D eigenvalue weighted by Gasteiger charge is 2.13. The van der Waals surface area contributed by atoms with Gasteiger partial charge < -0.3 is 16.2 Å². The van der Waals surface area contributed by atoms with Crippen molar-refractivity contribution >= 4 is 11.8 Å². The van der Waals surface area contributed by atoms with Gasteiger partial charge >= 0.3 is 0 Å². The minimum Gasteiger partial charge on any atom is -0.490 e. The Hall–Kier alpha value is -2.04. The number of benzene rings is 1. The molecule has 1 aromatic rings. The molecule has 1 rings (SSSR count). The number of rotatable bonds is 4. The molecular formula is C11H14N2O3. The number of primary amides is 2. The summed E-state index contributed by atoms with van der Waals surface area (Å²) in [4.78, 5) is 22.1.